The average molecular weight is 449 g/mol. The highest BCUT2D eigenvalue weighted by atomic mass is 35.5. The minimum atomic E-state index is -1.13. The van der Waals surface area contributed by atoms with Crippen LogP contribution in [0.5, 0.6) is 0 Å². The number of halogens is 2. The lowest BCUT2D eigenvalue weighted by Crippen LogP contribution is -2.25. The smallest absolute Gasteiger partial charge is 0.226 e. The molecule has 3 heterocycles. The van der Waals surface area contributed by atoms with Gasteiger partial charge in [0.2, 0.25) is 5.28 Å². The van der Waals surface area contributed by atoms with Crippen molar-refractivity contribution in [2.75, 3.05) is 18.1 Å². The van der Waals surface area contributed by atoms with Gasteiger partial charge < -0.3 is 14.2 Å². The summed E-state index contributed by atoms with van der Waals surface area (Å²) in [5.74, 6) is 0.762. The predicted molar refractivity (Wildman–Crippen MR) is 123 cm³/mol. The molecule has 8 heteroatoms. The summed E-state index contributed by atoms with van der Waals surface area (Å²) in [6.45, 7) is 9.03. The molecule has 4 rings (SSSR count). The lowest BCUT2D eigenvalue weighted by molar-refractivity contribution is 0.0899. The summed E-state index contributed by atoms with van der Waals surface area (Å²) in [4.78, 5) is 11.2. The molecule has 0 atom stereocenters. The highest BCUT2D eigenvalue weighted by Gasteiger charge is 2.25. The second-order valence-electron chi connectivity index (χ2n) is 8.69. The van der Waals surface area contributed by atoms with E-state index in [-0.39, 0.29) is 5.28 Å². The molecule has 0 radical (unpaired) electrons. The minimum Gasteiger partial charge on any atom is -0.361 e. The highest BCUT2D eigenvalue weighted by molar-refractivity contribution is 6.76. The summed E-state index contributed by atoms with van der Waals surface area (Å²) < 4.78 is 7.85. The Labute approximate surface area is 182 Å². The fourth-order valence-electron chi connectivity index (χ4n) is 3.68. The Kier molecular flexibility index (Phi) is 5.89. The van der Waals surface area contributed by atoms with Gasteiger partial charge in [-0.25, -0.2) is 0 Å². The number of ether oxygens (including phenoxy) is 1. The van der Waals surface area contributed by atoms with Crippen LogP contribution in [0.3, 0.4) is 0 Å². The molecule has 1 aromatic carbocycles. The number of nitrogens with zero attached hydrogens (tertiary/aromatic N) is 4. The zero-order valence-corrected chi connectivity index (χ0v) is 19.6. The molecule has 2 aromatic heterocycles. The predicted octanol–water partition coefficient (Wildman–Crippen LogP) is 6.13. The van der Waals surface area contributed by atoms with Crippen LogP contribution in [0.25, 0.3) is 11.0 Å². The van der Waals surface area contributed by atoms with Crippen molar-refractivity contribution in [3.8, 4) is 0 Å². The van der Waals surface area contributed by atoms with Crippen molar-refractivity contribution in [3.63, 3.8) is 0 Å². The van der Waals surface area contributed by atoms with Crippen molar-refractivity contribution < 1.29 is 4.74 Å². The fraction of sp³-hybridized carbons (Fsp3) is 0.429. The molecule has 0 amide bonds. The average Bonchev–Trinajstić information content (AvgIpc) is 2.99. The summed E-state index contributed by atoms with van der Waals surface area (Å²) in [6.07, 6.45) is 3.98. The first-order chi connectivity index (χ1) is 13.8. The van der Waals surface area contributed by atoms with Crippen LogP contribution < -0.4 is 4.90 Å². The summed E-state index contributed by atoms with van der Waals surface area (Å²) >= 11 is 13.0. The monoisotopic (exact) mass is 448 g/mol. The summed E-state index contributed by atoms with van der Waals surface area (Å²) in [7, 11) is -1.13. The van der Waals surface area contributed by atoms with Crippen LogP contribution >= 0.6 is 23.2 Å². The first-order valence-corrected chi connectivity index (χ1v) is 14.4. The Balaban J connectivity index is 1.69. The number of hydrogen-bond donors (Lipinski definition) is 0. The standard InChI is InChI=1S/C21H26Cl2N4OSi/c1-29(2,3)12-11-28-14-26-13-16(22)18-19(26)24-21(23)25-20(18)27-10-6-8-15-7-4-5-9-17(15)27/h4-5,7,9,13H,6,8,10-12,14H2,1-3H3. The van der Waals surface area contributed by atoms with Crippen molar-refractivity contribution in [1.29, 1.82) is 0 Å². The Hall–Kier alpha value is -1.60. The van der Waals surface area contributed by atoms with E-state index in [1.54, 1.807) is 0 Å². The zero-order chi connectivity index (χ0) is 20.6. The molecule has 154 valence electrons. The van der Waals surface area contributed by atoms with Gasteiger partial charge in [0.15, 0.2) is 5.65 Å². The lowest BCUT2D eigenvalue weighted by Gasteiger charge is -2.30. The van der Waals surface area contributed by atoms with Crippen molar-refractivity contribution in [3.05, 3.63) is 46.3 Å². The second kappa shape index (κ2) is 8.26. The molecule has 0 unspecified atom stereocenters. The van der Waals surface area contributed by atoms with Gasteiger partial charge in [0.05, 0.1) is 10.4 Å². The number of fused-ring (bicyclic) bond motifs is 2. The van der Waals surface area contributed by atoms with E-state index in [0.717, 1.165) is 48.9 Å². The van der Waals surface area contributed by atoms with E-state index in [1.807, 2.05) is 10.8 Å². The van der Waals surface area contributed by atoms with E-state index < -0.39 is 8.07 Å². The van der Waals surface area contributed by atoms with Crippen LogP contribution in [0, 0.1) is 0 Å². The molecule has 5 nitrogen and oxygen atoms in total. The van der Waals surface area contributed by atoms with Gasteiger partial charge in [-0.1, -0.05) is 49.4 Å². The molecule has 0 fully saturated rings. The molecule has 0 spiro atoms. The zero-order valence-electron chi connectivity index (χ0n) is 17.1. The quantitative estimate of drug-likeness (QED) is 0.258. The maximum atomic E-state index is 6.65. The lowest BCUT2D eigenvalue weighted by atomic mass is 10.0. The third kappa shape index (κ3) is 4.45. The Bertz CT molecular complexity index is 1030. The maximum absolute atomic E-state index is 6.65. The van der Waals surface area contributed by atoms with Crippen LogP contribution in [0.1, 0.15) is 12.0 Å². The van der Waals surface area contributed by atoms with Crippen LogP contribution in [-0.4, -0.2) is 35.8 Å². The first-order valence-electron chi connectivity index (χ1n) is 9.98. The van der Waals surface area contributed by atoms with Crippen LogP contribution in [-0.2, 0) is 17.9 Å². The molecule has 0 aliphatic carbocycles. The van der Waals surface area contributed by atoms with Crippen LogP contribution in [0.15, 0.2) is 30.5 Å². The van der Waals surface area contributed by atoms with Gasteiger partial charge in [-0.15, -0.1) is 0 Å². The summed E-state index contributed by atoms with van der Waals surface area (Å²) in [6, 6.07) is 9.54. The topological polar surface area (TPSA) is 43.2 Å². The van der Waals surface area contributed by atoms with Crippen molar-refractivity contribution in [1.82, 2.24) is 14.5 Å². The highest BCUT2D eigenvalue weighted by Crippen LogP contribution is 2.39. The fourth-order valence-corrected chi connectivity index (χ4v) is 4.89. The van der Waals surface area contributed by atoms with Crippen molar-refractivity contribution in [2.24, 2.45) is 0 Å². The first kappa shape index (κ1) is 20.7. The van der Waals surface area contributed by atoms with E-state index >= 15 is 0 Å². The molecule has 1 aliphatic rings. The van der Waals surface area contributed by atoms with E-state index in [2.05, 4.69) is 58.8 Å². The van der Waals surface area contributed by atoms with E-state index in [4.69, 9.17) is 27.9 Å². The Morgan fingerprint density at radius 1 is 1.14 bits per heavy atom. The number of para-hydroxylation sites is 1. The van der Waals surface area contributed by atoms with Crippen LogP contribution in [0.2, 0.25) is 36.0 Å². The third-order valence-electron chi connectivity index (χ3n) is 5.22. The van der Waals surface area contributed by atoms with Gasteiger partial charge >= 0.3 is 0 Å². The SMILES string of the molecule is C[Si](C)(C)CCOCn1cc(Cl)c2c(N3CCCc4ccccc43)nc(Cl)nc21. The Morgan fingerprint density at radius 2 is 1.93 bits per heavy atom. The van der Waals surface area contributed by atoms with Crippen molar-refractivity contribution in [2.45, 2.75) is 45.3 Å². The molecule has 0 bridgehead atoms. The van der Waals surface area contributed by atoms with Gasteiger partial charge in [-0.2, -0.15) is 9.97 Å². The number of aromatic nitrogens is 3. The van der Waals surface area contributed by atoms with Crippen LogP contribution in [0.4, 0.5) is 11.5 Å². The minimum absolute atomic E-state index is 0.216. The van der Waals surface area contributed by atoms with Gasteiger partial charge in [0, 0.05) is 33.1 Å². The number of rotatable bonds is 6. The Morgan fingerprint density at radius 3 is 2.72 bits per heavy atom. The largest absolute Gasteiger partial charge is 0.361 e. The molecule has 0 N–H and O–H groups in total. The van der Waals surface area contributed by atoms with E-state index in [1.165, 1.54) is 5.56 Å². The second-order valence-corrected chi connectivity index (χ2v) is 15.1. The third-order valence-corrected chi connectivity index (χ3v) is 7.38. The summed E-state index contributed by atoms with van der Waals surface area (Å²) in [5.41, 5.74) is 3.18. The maximum Gasteiger partial charge on any atom is 0.226 e. The molecule has 3 aromatic rings. The summed E-state index contributed by atoms with van der Waals surface area (Å²) in [5, 5.41) is 1.65. The number of aryl methyl sites for hydroxylation is 1. The molecular weight excluding hydrogens is 423 g/mol. The molecule has 0 saturated heterocycles. The molecule has 1 aliphatic heterocycles. The van der Waals surface area contributed by atoms with Gasteiger partial charge in [0.25, 0.3) is 0 Å². The van der Waals surface area contributed by atoms with Gasteiger partial charge in [-0.05, 0) is 42.1 Å². The molecular formula is C21H26Cl2N4OSi. The van der Waals surface area contributed by atoms with Gasteiger partial charge in [0.1, 0.15) is 12.5 Å². The molecule has 0 saturated carbocycles. The van der Waals surface area contributed by atoms with Crippen molar-refractivity contribution >= 4 is 53.8 Å². The van der Waals surface area contributed by atoms with E-state index in [0.29, 0.717) is 17.4 Å². The number of benzene rings is 1. The normalized spacial score (nSPS) is 14.4. The number of hydrogen-bond acceptors (Lipinski definition) is 4. The van der Waals surface area contributed by atoms with E-state index in [9.17, 15) is 0 Å². The van der Waals surface area contributed by atoms with Gasteiger partial charge in [-0.3, -0.25) is 0 Å². The number of anilines is 2. The molecule has 29 heavy (non-hydrogen) atoms.